The Morgan fingerprint density at radius 3 is 2.19 bits per heavy atom. The van der Waals surface area contributed by atoms with Crippen LogP contribution in [0.2, 0.25) is 5.02 Å². The molecule has 36 heavy (non-hydrogen) atoms. The summed E-state index contributed by atoms with van der Waals surface area (Å²) in [6.07, 6.45) is 0.706. The minimum absolute atomic E-state index is 0.229. The molecular formula is C29H28ClN3O3. The SMILES string of the molecule is CC(=O)Oc1c(-c2ccc(NC(=O)c3ccc(Cl)cc3)cc2)c(CC(C)C)nn1-c1ccc(C)cc1. The van der Waals surface area contributed by atoms with Gasteiger partial charge in [-0.25, -0.2) is 0 Å². The van der Waals surface area contributed by atoms with E-state index in [2.05, 4.69) is 19.2 Å². The third-order valence-corrected chi connectivity index (χ3v) is 5.83. The largest absolute Gasteiger partial charge is 0.407 e. The van der Waals surface area contributed by atoms with E-state index in [4.69, 9.17) is 21.4 Å². The van der Waals surface area contributed by atoms with Gasteiger partial charge in [0.1, 0.15) is 0 Å². The van der Waals surface area contributed by atoms with Crippen LogP contribution in [0.25, 0.3) is 16.8 Å². The molecule has 0 unspecified atom stereocenters. The van der Waals surface area contributed by atoms with Gasteiger partial charge in [-0.05, 0) is 73.4 Å². The predicted octanol–water partition coefficient (Wildman–Crippen LogP) is 6.88. The summed E-state index contributed by atoms with van der Waals surface area (Å²) in [6.45, 7) is 7.64. The number of carbonyl (C=O) groups is 2. The van der Waals surface area contributed by atoms with E-state index in [1.807, 2.05) is 55.5 Å². The molecule has 184 valence electrons. The van der Waals surface area contributed by atoms with Crippen molar-refractivity contribution in [3.05, 3.63) is 94.6 Å². The molecule has 0 aliphatic heterocycles. The van der Waals surface area contributed by atoms with Crippen molar-refractivity contribution in [3.8, 4) is 22.7 Å². The van der Waals surface area contributed by atoms with Gasteiger partial charge in [0, 0.05) is 23.2 Å². The lowest BCUT2D eigenvalue weighted by Crippen LogP contribution is -2.11. The summed E-state index contributed by atoms with van der Waals surface area (Å²) >= 11 is 5.92. The molecule has 0 spiro atoms. The molecule has 0 atom stereocenters. The maximum absolute atomic E-state index is 12.6. The summed E-state index contributed by atoms with van der Waals surface area (Å²) in [5.41, 5.74) is 5.52. The first-order chi connectivity index (χ1) is 17.2. The first kappa shape index (κ1) is 25.2. The molecule has 1 heterocycles. The molecule has 0 aliphatic rings. The highest BCUT2D eigenvalue weighted by Crippen LogP contribution is 2.37. The van der Waals surface area contributed by atoms with Crippen molar-refractivity contribution in [3.63, 3.8) is 0 Å². The molecule has 1 aromatic heterocycles. The van der Waals surface area contributed by atoms with E-state index in [1.54, 1.807) is 28.9 Å². The second-order valence-corrected chi connectivity index (χ2v) is 9.54. The fraction of sp³-hybridized carbons (Fsp3) is 0.207. The summed E-state index contributed by atoms with van der Waals surface area (Å²) in [7, 11) is 0. The number of halogens is 1. The molecule has 1 amide bonds. The molecule has 3 aromatic carbocycles. The molecule has 0 saturated heterocycles. The zero-order valence-electron chi connectivity index (χ0n) is 20.7. The topological polar surface area (TPSA) is 73.2 Å². The molecule has 1 N–H and O–H groups in total. The van der Waals surface area contributed by atoms with Crippen molar-refractivity contribution in [1.82, 2.24) is 9.78 Å². The van der Waals surface area contributed by atoms with Crippen LogP contribution in [-0.2, 0) is 11.2 Å². The number of hydrogen-bond donors (Lipinski definition) is 1. The van der Waals surface area contributed by atoms with Crippen LogP contribution < -0.4 is 10.1 Å². The Balaban J connectivity index is 1.73. The normalized spacial score (nSPS) is 10.9. The number of ether oxygens (including phenoxy) is 1. The summed E-state index contributed by atoms with van der Waals surface area (Å²) in [4.78, 5) is 24.7. The van der Waals surface area contributed by atoms with Crippen molar-refractivity contribution in [2.45, 2.75) is 34.1 Å². The average Bonchev–Trinajstić information content (AvgIpc) is 3.16. The number of carbonyl (C=O) groups excluding carboxylic acids is 2. The smallest absolute Gasteiger partial charge is 0.309 e. The van der Waals surface area contributed by atoms with Crippen LogP contribution in [0.15, 0.2) is 72.8 Å². The van der Waals surface area contributed by atoms with Crippen LogP contribution in [0.4, 0.5) is 5.69 Å². The fourth-order valence-electron chi connectivity index (χ4n) is 3.88. The number of aryl methyl sites for hydroxylation is 1. The second kappa shape index (κ2) is 10.8. The first-order valence-corrected chi connectivity index (χ1v) is 12.1. The summed E-state index contributed by atoms with van der Waals surface area (Å²) in [5, 5.41) is 8.33. The van der Waals surface area contributed by atoms with Crippen molar-refractivity contribution >= 4 is 29.2 Å². The predicted molar refractivity (Wildman–Crippen MR) is 143 cm³/mol. The molecular weight excluding hydrogens is 474 g/mol. The number of amides is 1. The fourth-order valence-corrected chi connectivity index (χ4v) is 4.01. The molecule has 0 aliphatic carbocycles. The number of esters is 1. The van der Waals surface area contributed by atoms with E-state index >= 15 is 0 Å². The Bertz CT molecular complexity index is 1370. The number of hydrogen-bond acceptors (Lipinski definition) is 4. The highest BCUT2D eigenvalue weighted by molar-refractivity contribution is 6.30. The maximum Gasteiger partial charge on any atom is 0.309 e. The molecule has 0 radical (unpaired) electrons. The summed E-state index contributed by atoms with van der Waals surface area (Å²) in [6, 6.07) is 22.0. The molecule has 6 nitrogen and oxygen atoms in total. The number of aromatic nitrogens is 2. The third-order valence-electron chi connectivity index (χ3n) is 5.57. The maximum atomic E-state index is 12.6. The molecule has 4 aromatic rings. The lowest BCUT2D eigenvalue weighted by atomic mass is 9.99. The van der Waals surface area contributed by atoms with Crippen LogP contribution in [0.5, 0.6) is 5.88 Å². The average molecular weight is 502 g/mol. The van der Waals surface area contributed by atoms with Crippen LogP contribution in [0.3, 0.4) is 0 Å². The molecule has 7 heteroatoms. The zero-order chi connectivity index (χ0) is 25.8. The van der Waals surface area contributed by atoms with Gasteiger partial charge in [-0.2, -0.15) is 9.78 Å². The van der Waals surface area contributed by atoms with Gasteiger partial charge in [0.2, 0.25) is 5.88 Å². The van der Waals surface area contributed by atoms with Gasteiger partial charge in [-0.15, -0.1) is 0 Å². The summed E-state index contributed by atoms with van der Waals surface area (Å²) < 4.78 is 7.41. The van der Waals surface area contributed by atoms with Crippen molar-refractivity contribution < 1.29 is 14.3 Å². The van der Waals surface area contributed by atoms with E-state index < -0.39 is 5.97 Å². The zero-order valence-corrected chi connectivity index (χ0v) is 21.5. The molecule has 4 rings (SSSR count). The van der Waals surface area contributed by atoms with Gasteiger partial charge in [-0.3, -0.25) is 9.59 Å². The monoisotopic (exact) mass is 501 g/mol. The van der Waals surface area contributed by atoms with E-state index in [0.717, 1.165) is 28.1 Å². The Morgan fingerprint density at radius 1 is 0.972 bits per heavy atom. The minimum atomic E-state index is -0.424. The van der Waals surface area contributed by atoms with E-state index in [9.17, 15) is 9.59 Å². The number of anilines is 1. The Morgan fingerprint density at radius 2 is 1.61 bits per heavy atom. The highest BCUT2D eigenvalue weighted by atomic mass is 35.5. The number of nitrogens with zero attached hydrogens (tertiary/aromatic N) is 2. The number of rotatable bonds is 7. The highest BCUT2D eigenvalue weighted by Gasteiger charge is 2.24. The van der Waals surface area contributed by atoms with E-state index in [1.165, 1.54) is 6.92 Å². The molecule has 0 saturated carbocycles. The van der Waals surface area contributed by atoms with E-state index in [0.29, 0.717) is 34.5 Å². The second-order valence-electron chi connectivity index (χ2n) is 9.10. The Kier molecular flexibility index (Phi) is 7.55. The van der Waals surface area contributed by atoms with Crippen LogP contribution in [-0.4, -0.2) is 21.7 Å². The number of benzene rings is 3. The van der Waals surface area contributed by atoms with E-state index in [-0.39, 0.29) is 5.91 Å². The quantitative estimate of drug-likeness (QED) is 0.280. The Labute approximate surface area is 215 Å². The lowest BCUT2D eigenvalue weighted by molar-refractivity contribution is -0.132. The first-order valence-electron chi connectivity index (χ1n) is 11.8. The van der Waals surface area contributed by atoms with Crippen molar-refractivity contribution in [2.75, 3.05) is 5.32 Å². The third kappa shape index (κ3) is 5.83. The van der Waals surface area contributed by atoms with Gasteiger partial charge in [0.15, 0.2) is 0 Å². The Hall–Kier alpha value is -3.90. The van der Waals surface area contributed by atoms with Crippen LogP contribution in [0.1, 0.15) is 42.4 Å². The summed E-state index contributed by atoms with van der Waals surface area (Å²) in [5.74, 6) is 0.0633. The number of nitrogens with one attached hydrogen (secondary N) is 1. The van der Waals surface area contributed by atoms with Gasteiger partial charge in [-0.1, -0.05) is 55.3 Å². The standard InChI is InChI=1S/C29H28ClN3O3/c1-18(2)17-26-27(29(36-20(4)34)33(32-26)25-15-5-19(3)6-16-25)21-9-13-24(14-10-21)31-28(35)22-7-11-23(30)12-8-22/h5-16,18H,17H2,1-4H3,(H,31,35). The van der Waals surface area contributed by atoms with Crippen molar-refractivity contribution in [2.24, 2.45) is 5.92 Å². The van der Waals surface area contributed by atoms with Crippen LogP contribution >= 0.6 is 11.6 Å². The van der Waals surface area contributed by atoms with Crippen LogP contribution in [0, 0.1) is 12.8 Å². The minimum Gasteiger partial charge on any atom is -0.407 e. The van der Waals surface area contributed by atoms with Crippen molar-refractivity contribution in [1.29, 1.82) is 0 Å². The molecule has 0 bridgehead atoms. The molecule has 0 fully saturated rings. The van der Waals surface area contributed by atoms with Gasteiger partial charge in [0.05, 0.1) is 16.9 Å². The van der Waals surface area contributed by atoms with Gasteiger partial charge >= 0.3 is 5.97 Å². The lowest BCUT2D eigenvalue weighted by Gasteiger charge is -2.11. The van der Waals surface area contributed by atoms with Gasteiger partial charge < -0.3 is 10.1 Å². The van der Waals surface area contributed by atoms with Gasteiger partial charge in [0.25, 0.3) is 5.91 Å².